The second-order valence-corrected chi connectivity index (χ2v) is 15.1. The van der Waals surface area contributed by atoms with Gasteiger partial charge in [0.25, 0.3) is 0 Å². The van der Waals surface area contributed by atoms with E-state index in [9.17, 15) is 9.90 Å². The lowest BCUT2D eigenvalue weighted by Crippen LogP contribution is -2.50. The lowest BCUT2D eigenvalue weighted by atomic mass is 9.47. The first-order valence-corrected chi connectivity index (χ1v) is 16.0. The van der Waals surface area contributed by atoms with E-state index in [2.05, 4.69) is 62.1 Å². The fourth-order valence-electron chi connectivity index (χ4n) is 11.2. The molecule has 7 rings (SSSR count). The molecule has 5 fully saturated rings. The maximum atomic E-state index is 13.3. The number of fused-ring (bicyclic) bond motifs is 6. The number of allylic oxidation sites excluding steroid dienone is 1. The summed E-state index contributed by atoms with van der Waals surface area (Å²) in [6.07, 6.45) is 15.3. The Labute approximate surface area is 230 Å². The van der Waals surface area contributed by atoms with E-state index in [-0.39, 0.29) is 11.5 Å². The molecule has 10 atom stereocenters. The molecular formula is C35H49NO2. The normalized spacial score (nSPS) is 45.9. The molecule has 0 spiro atoms. The van der Waals surface area contributed by atoms with E-state index in [0.29, 0.717) is 28.6 Å². The molecule has 6 aliphatic rings. The SMILES string of the molecule is C[C@H](CCC(=O)N1C[C@@H]2C[C@]2(c2ccccc2)C1)[C@H]1CC[C@H]2[C@@H]3CC=C4C[C@@H](O)CC[C@]4(C)[C@H]3CC[C@]12C. The predicted molar refractivity (Wildman–Crippen MR) is 152 cm³/mol. The van der Waals surface area contributed by atoms with E-state index < -0.39 is 0 Å². The number of rotatable bonds is 5. The number of benzene rings is 1. The Morgan fingerprint density at radius 1 is 1.08 bits per heavy atom. The Kier molecular flexibility index (Phi) is 5.97. The van der Waals surface area contributed by atoms with Gasteiger partial charge in [-0.2, -0.15) is 0 Å². The van der Waals surface area contributed by atoms with Gasteiger partial charge in [0.15, 0.2) is 0 Å². The smallest absolute Gasteiger partial charge is 0.222 e. The summed E-state index contributed by atoms with van der Waals surface area (Å²) in [6.45, 7) is 9.54. The van der Waals surface area contributed by atoms with Crippen molar-refractivity contribution in [2.75, 3.05) is 13.1 Å². The number of hydrogen-bond donors (Lipinski definition) is 1. The van der Waals surface area contributed by atoms with Crippen molar-refractivity contribution in [3.05, 3.63) is 47.5 Å². The molecule has 38 heavy (non-hydrogen) atoms. The van der Waals surface area contributed by atoms with Gasteiger partial charge in [-0.3, -0.25) is 4.79 Å². The number of hydrogen-bond acceptors (Lipinski definition) is 2. The number of aliphatic hydroxyl groups is 1. The van der Waals surface area contributed by atoms with Crippen molar-refractivity contribution in [1.29, 1.82) is 0 Å². The molecule has 4 saturated carbocycles. The Morgan fingerprint density at radius 2 is 1.89 bits per heavy atom. The van der Waals surface area contributed by atoms with Crippen molar-refractivity contribution in [3.63, 3.8) is 0 Å². The topological polar surface area (TPSA) is 40.5 Å². The van der Waals surface area contributed by atoms with Crippen LogP contribution in [-0.4, -0.2) is 35.1 Å². The van der Waals surface area contributed by atoms with Crippen molar-refractivity contribution in [3.8, 4) is 0 Å². The fourth-order valence-corrected chi connectivity index (χ4v) is 11.2. The van der Waals surface area contributed by atoms with Crippen LogP contribution in [0.15, 0.2) is 42.0 Å². The van der Waals surface area contributed by atoms with Crippen LogP contribution in [-0.2, 0) is 10.2 Å². The van der Waals surface area contributed by atoms with Crippen LogP contribution in [0.3, 0.4) is 0 Å². The van der Waals surface area contributed by atoms with Crippen molar-refractivity contribution >= 4 is 5.91 Å². The van der Waals surface area contributed by atoms with Crippen molar-refractivity contribution in [1.82, 2.24) is 4.90 Å². The summed E-state index contributed by atoms with van der Waals surface area (Å²) in [5.74, 6) is 4.93. The van der Waals surface area contributed by atoms with Crippen LogP contribution in [0, 0.1) is 46.3 Å². The molecule has 0 radical (unpaired) electrons. The molecule has 206 valence electrons. The molecular weight excluding hydrogens is 466 g/mol. The summed E-state index contributed by atoms with van der Waals surface area (Å²) in [7, 11) is 0. The summed E-state index contributed by atoms with van der Waals surface area (Å²) in [5, 5.41) is 10.3. The number of carbonyl (C=O) groups excluding carboxylic acids is 1. The fraction of sp³-hybridized carbons (Fsp3) is 0.743. The predicted octanol–water partition coefficient (Wildman–Crippen LogP) is 7.14. The van der Waals surface area contributed by atoms with Gasteiger partial charge < -0.3 is 10.0 Å². The van der Waals surface area contributed by atoms with Crippen LogP contribution in [0.1, 0.15) is 97.0 Å². The average Bonchev–Trinajstić information content (AvgIpc) is 3.29. The zero-order valence-corrected chi connectivity index (χ0v) is 24.0. The second kappa shape index (κ2) is 8.95. The first-order valence-electron chi connectivity index (χ1n) is 16.0. The third-order valence-electron chi connectivity index (χ3n) is 13.5. The number of carbonyl (C=O) groups is 1. The highest BCUT2D eigenvalue weighted by atomic mass is 16.3. The van der Waals surface area contributed by atoms with Gasteiger partial charge in [-0.25, -0.2) is 0 Å². The molecule has 1 aromatic rings. The minimum atomic E-state index is -0.116. The standard InChI is InChI=1S/C35H49NO2/c1-23(9-14-32(38)36-21-26-20-35(26,22-36)24-7-5-4-6-8-24)29-12-13-30-28-11-10-25-19-27(37)15-17-33(25,2)31(28)16-18-34(29,30)3/h4-8,10,23,26-31,37H,9,11-22H2,1-3H3/t23-,26+,27+,28+,29-,30+,31+,33+,34-,35-/m1/s1. The van der Waals surface area contributed by atoms with E-state index in [4.69, 9.17) is 0 Å². The highest BCUT2D eigenvalue weighted by Crippen LogP contribution is 2.67. The van der Waals surface area contributed by atoms with Crippen LogP contribution in [0.4, 0.5) is 0 Å². The minimum absolute atomic E-state index is 0.116. The highest BCUT2D eigenvalue weighted by Gasteiger charge is 2.62. The molecule has 1 saturated heterocycles. The van der Waals surface area contributed by atoms with Crippen LogP contribution in [0.25, 0.3) is 0 Å². The first kappa shape index (κ1) is 25.4. The van der Waals surface area contributed by atoms with Crippen LogP contribution in [0.2, 0.25) is 0 Å². The molecule has 1 aromatic carbocycles. The molecule has 5 aliphatic carbocycles. The van der Waals surface area contributed by atoms with Crippen LogP contribution >= 0.6 is 0 Å². The van der Waals surface area contributed by atoms with E-state index >= 15 is 0 Å². The van der Waals surface area contributed by atoms with Gasteiger partial charge in [-0.1, -0.05) is 62.8 Å². The Bertz CT molecular complexity index is 1110. The lowest BCUT2D eigenvalue weighted by molar-refractivity contribution is -0.131. The molecule has 0 unspecified atom stereocenters. The van der Waals surface area contributed by atoms with Crippen LogP contribution < -0.4 is 0 Å². The summed E-state index contributed by atoms with van der Waals surface area (Å²) in [6, 6.07) is 10.9. The van der Waals surface area contributed by atoms with E-state index in [1.807, 2.05) is 0 Å². The van der Waals surface area contributed by atoms with E-state index in [1.54, 1.807) is 5.57 Å². The third kappa shape index (κ3) is 3.73. The molecule has 1 amide bonds. The molecule has 1 N–H and O–H groups in total. The lowest BCUT2D eigenvalue weighted by Gasteiger charge is -2.58. The number of piperidine rings is 1. The quantitative estimate of drug-likeness (QED) is 0.423. The molecule has 3 nitrogen and oxygen atoms in total. The van der Waals surface area contributed by atoms with Gasteiger partial charge in [-0.15, -0.1) is 0 Å². The van der Waals surface area contributed by atoms with Gasteiger partial charge in [0.1, 0.15) is 0 Å². The van der Waals surface area contributed by atoms with E-state index in [1.165, 1.54) is 50.5 Å². The summed E-state index contributed by atoms with van der Waals surface area (Å²) in [4.78, 5) is 15.5. The third-order valence-corrected chi connectivity index (χ3v) is 13.5. The summed E-state index contributed by atoms with van der Waals surface area (Å²) in [5.41, 5.74) is 4.04. The van der Waals surface area contributed by atoms with Crippen molar-refractivity contribution in [2.45, 2.75) is 103 Å². The number of amides is 1. The largest absolute Gasteiger partial charge is 0.393 e. The summed E-state index contributed by atoms with van der Waals surface area (Å²) < 4.78 is 0. The zero-order chi connectivity index (χ0) is 26.3. The monoisotopic (exact) mass is 515 g/mol. The van der Waals surface area contributed by atoms with Gasteiger partial charge in [-0.05, 0) is 116 Å². The number of aliphatic hydroxyl groups excluding tert-OH is 1. The molecule has 0 aromatic heterocycles. The van der Waals surface area contributed by atoms with Crippen molar-refractivity contribution < 1.29 is 9.90 Å². The minimum Gasteiger partial charge on any atom is -0.393 e. The van der Waals surface area contributed by atoms with Gasteiger partial charge in [0.2, 0.25) is 5.91 Å². The van der Waals surface area contributed by atoms with Gasteiger partial charge in [0.05, 0.1) is 6.10 Å². The average molecular weight is 516 g/mol. The van der Waals surface area contributed by atoms with E-state index in [0.717, 1.165) is 62.4 Å². The van der Waals surface area contributed by atoms with Crippen molar-refractivity contribution in [2.24, 2.45) is 46.3 Å². The zero-order valence-electron chi connectivity index (χ0n) is 24.0. The van der Waals surface area contributed by atoms with Gasteiger partial charge in [0, 0.05) is 24.9 Å². The molecule has 1 heterocycles. The maximum absolute atomic E-state index is 13.3. The number of nitrogens with zero attached hydrogens (tertiary/aromatic N) is 1. The maximum Gasteiger partial charge on any atom is 0.222 e. The second-order valence-electron chi connectivity index (χ2n) is 15.1. The first-order chi connectivity index (χ1) is 18.2. The number of likely N-dealkylation sites (tertiary alicyclic amines) is 1. The Hall–Kier alpha value is -1.61. The Balaban J connectivity index is 0.984. The summed E-state index contributed by atoms with van der Waals surface area (Å²) >= 11 is 0. The Morgan fingerprint density at radius 3 is 2.71 bits per heavy atom. The highest BCUT2D eigenvalue weighted by molar-refractivity contribution is 5.77. The van der Waals surface area contributed by atoms with Crippen LogP contribution in [0.5, 0.6) is 0 Å². The molecule has 1 aliphatic heterocycles. The van der Waals surface area contributed by atoms with Gasteiger partial charge >= 0.3 is 0 Å². The molecule has 0 bridgehead atoms. The molecule has 3 heteroatoms.